The van der Waals surface area contributed by atoms with Gasteiger partial charge in [0.25, 0.3) is 0 Å². The van der Waals surface area contributed by atoms with E-state index in [9.17, 15) is 0 Å². The molecule has 0 aliphatic rings. The summed E-state index contributed by atoms with van der Waals surface area (Å²) in [6, 6.07) is 9.48. The predicted octanol–water partition coefficient (Wildman–Crippen LogP) is 1.96. The average Bonchev–Trinajstić information content (AvgIpc) is 3.11. The second kappa shape index (κ2) is 7.33. The zero-order valence-corrected chi connectivity index (χ0v) is 12.0. The lowest BCUT2D eigenvalue weighted by Gasteiger charge is -2.16. The fourth-order valence-corrected chi connectivity index (χ4v) is 2.13. The summed E-state index contributed by atoms with van der Waals surface area (Å²) in [5, 5.41) is 3.41. The number of hydrogen-bond donors (Lipinski definition) is 2. The van der Waals surface area contributed by atoms with Gasteiger partial charge in [-0.2, -0.15) is 0 Å². The number of aromatic nitrogens is 4. The minimum atomic E-state index is -0.0892. The predicted molar refractivity (Wildman–Crippen MR) is 82.4 cm³/mol. The molecule has 6 heteroatoms. The Morgan fingerprint density at radius 2 is 2.09 bits per heavy atom. The maximum absolute atomic E-state index is 5.63. The summed E-state index contributed by atoms with van der Waals surface area (Å²) >= 11 is 0. The minimum absolute atomic E-state index is 0.0892. The van der Waals surface area contributed by atoms with Crippen molar-refractivity contribution in [2.75, 3.05) is 13.2 Å². The maximum atomic E-state index is 5.63. The molecule has 0 aliphatic carbocycles. The van der Waals surface area contributed by atoms with Crippen LogP contribution in [-0.4, -0.2) is 33.1 Å². The van der Waals surface area contributed by atoms with Gasteiger partial charge in [0.15, 0.2) is 0 Å². The monoisotopic (exact) mass is 295 g/mol. The summed E-state index contributed by atoms with van der Waals surface area (Å²) in [6.07, 6.45) is 8.74. The van der Waals surface area contributed by atoms with Crippen LogP contribution < -0.4 is 10.1 Å². The van der Waals surface area contributed by atoms with E-state index < -0.39 is 0 Å². The molecule has 0 unspecified atom stereocenters. The molecular weight excluding hydrogens is 278 g/mol. The highest BCUT2D eigenvalue weighted by Crippen LogP contribution is 2.16. The van der Waals surface area contributed by atoms with Gasteiger partial charge >= 0.3 is 0 Å². The van der Waals surface area contributed by atoms with E-state index in [2.05, 4.69) is 25.3 Å². The first kappa shape index (κ1) is 14.2. The molecular formula is C16H17N5O. The molecule has 2 N–H and O–H groups in total. The standard InChI is InChI=1S/C16H17N5O/c1-2-7-18-14(5-1)15(16-20-8-9-21-16)19-10-11-22-13-4-3-6-17-12-13/h1-9,12,15,19H,10-11H2,(H,20,21)/t15-/m0/s1. The highest BCUT2D eigenvalue weighted by molar-refractivity contribution is 5.17. The van der Waals surface area contributed by atoms with Gasteiger partial charge in [0.2, 0.25) is 0 Å². The fourth-order valence-electron chi connectivity index (χ4n) is 2.13. The third-order valence-corrected chi connectivity index (χ3v) is 3.13. The Hall–Kier alpha value is -2.73. The van der Waals surface area contributed by atoms with Crippen LogP contribution in [0.5, 0.6) is 5.75 Å². The van der Waals surface area contributed by atoms with Crippen LogP contribution in [0.4, 0.5) is 0 Å². The molecule has 0 aliphatic heterocycles. The summed E-state index contributed by atoms with van der Waals surface area (Å²) < 4.78 is 5.63. The van der Waals surface area contributed by atoms with Crippen LogP contribution in [0.1, 0.15) is 17.6 Å². The molecule has 112 valence electrons. The van der Waals surface area contributed by atoms with Crippen LogP contribution in [0.3, 0.4) is 0 Å². The Balaban J connectivity index is 1.59. The van der Waals surface area contributed by atoms with E-state index in [0.717, 1.165) is 17.3 Å². The lowest BCUT2D eigenvalue weighted by atomic mass is 10.1. The van der Waals surface area contributed by atoms with E-state index in [1.165, 1.54) is 0 Å². The van der Waals surface area contributed by atoms with E-state index >= 15 is 0 Å². The third-order valence-electron chi connectivity index (χ3n) is 3.13. The molecule has 3 aromatic rings. The number of rotatable bonds is 7. The minimum Gasteiger partial charge on any atom is -0.491 e. The van der Waals surface area contributed by atoms with Gasteiger partial charge in [0, 0.05) is 31.3 Å². The van der Waals surface area contributed by atoms with E-state index in [1.807, 2.05) is 30.3 Å². The topological polar surface area (TPSA) is 75.7 Å². The third kappa shape index (κ3) is 3.67. The van der Waals surface area contributed by atoms with Gasteiger partial charge in [-0.05, 0) is 24.3 Å². The van der Waals surface area contributed by atoms with Gasteiger partial charge in [-0.1, -0.05) is 6.07 Å². The lowest BCUT2D eigenvalue weighted by Crippen LogP contribution is -2.28. The molecule has 22 heavy (non-hydrogen) atoms. The highest BCUT2D eigenvalue weighted by Gasteiger charge is 2.16. The van der Waals surface area contributed by atoms with Crippen LogP contribution in [0.2, 0.25) is 0 Å². The number of ether oxygens (including phenoxy) is 1. The second-order valence-electron chi connectivity index (χ2n) is 4.65. The molecule has 0 saturated heterocycles. The number of hydrogen-bond acceptors (Lipinski definition) is 5. The molecule has 0 amide bonds. The van der Waals surface area contributed by atoms with E-state index in [0.29, 0.717) is 13.2 Å². The van der Waals surface area contributed by atoms with Crippen LogP contribution >= 0.6 is 0 Å². The summed E-state index contributed by atoms with van der Waals surface area (Å²) in [7, 11) is 0. The zero-order chi connectivity index (χ0) is 15.0. The molecule has 0 aromatic carbocycles. The van der Waals surface area contributed by atoms with E-state index in [-0.39, 0.29) is 6.04 Å². The van der Waals surface area contributed by atoms with Crippen molar-refractivity contribution in [1.82, 2.24) is 25.3 Å². The van der Waals surface area contributed by atoms with E-state index in [1.54, 1.807) is 31.0 Å². The number of nitrogens with one attached hydrogen (secondary N) is 2. The van der Waals surface area contributed by atoms with Crippen molar-refractivity contribution in [2.24, 2.45) is 0 Å². The first-order valence-corrected chi connectivity index (χ1v) is 7.10. The van der Waals surface area contributed by atoms with Crippen molar-refractivity contribution in [1.29, 1.82) is 0 Å². The van der Waals surface area contributed by atoms with Crippen molar-refractivity contribution in [3.05, 3.63) is 72.8 Å². The average molecular weight is 295 g/mol. The highest BCUT2D eigenvalue weighted by atomic mass is 16.5. The van der Waals surface area contributed by atoms with Crippen molar-refractivity contribution < 1.29 is 4.74 Å². The van der Waals surface area contributed by atoms with Crippen molar-refractivity contribution in [3.8, 4) is 5.75 Å². The lowest BCUT2D eigenvalue weighted by molar-refractivity contribution is 0.307. The molecule has 6 nitrogen and oxygen atoms in total. The molecule has 0 fully saturated rings. The molecule has 0 radical (unpaired) electrons. The SMILES string of the molecule is c1ccc([C@H](NCCOc2cccnc2)c2ncc[nH]2)nc1. The number of pyridine rings is 2. The zero-order valence-electron chi connectivity index (χ0n) is 12.0. The van der Waals surface area contributed by atoms with Gasteiger partial charge in [-0.15, -0.1) is 0 Å². The van der Waals surface area contributed by atoms with Crippen molar-refractivity contribution in [3.63, 3.8) is 0 Å². The Morgan fingerprint density at radius 3 is 2.82 bits per heavy atom. The Kier molecular flexibility index (Phi) is 4.74. The first-order valence-electron chi connectivity index (χ1n) is 7.10. The van der Waals surface area contributed by atoms with E-state index in [4.69, 9.17) is 4.74 Å². The maximum Gasteiger partial charge on any atom is 0.137 e. The molecule has 0 saturated carbocycles. The Morgan fingerprint density at radius 1 is 1.09 bits per heavy atom. The molecule has 3 rings (SSSR count). The second-order valence-corrected chi connectivity index (χ2v) is 4.65. The van der Waals surface area contributed by atoms with Crippen LogP contribution in [0.15, 0.2) is 61.3 Å². The quantitative estimate of drug-likeness (QED) is 0.652. The summed E-state index contributed by atoms with van der Waals surface area (Å²) in [5.41, 5.74) is 0.916. The number of nitrogens with zero attached hydrogens (tertiary/aromatic N) is 3. The molecule has 0 spiro atoms. The molecule has 3 aromatic heterocycles. The number of aromatic amines is 1. The van der Waals surface area contributed by atoms with Gasteiger partial charge in [0.1, 0.15) is 24.2 Å². The number of imidazole rings is 1. The Labute approximate surface area is 128 Å². The largest absolute Gasteiger partial charge is 0.491 e. The normalized spacial score (nSPS) is 12.0. The first-order chi connectivity index (χ1) is 10.9. The van der Waals surface area contributed by atoms with Gasteiger partial charge in [-0.3, -0.25) is 15.3 Å². The van der Waals surface area contributed by atoms with Crippen LogP contribution in [0.25, 0.3) is 0 Å². The smallest absolute Gasteiger partial charge is 0.137 e. The summed E-state index contributed by atoms with van der Waals surface area (Å²) in [6.45, 7) is 1.20. The molecule has 3 heterocycles. The fraction of sp³-hybridized carbons (Fsp3) is 0.188. The van der Waals surface area contributed by atoms with Crippen LogP contribution in [-0.2, 0) is 0 Å². The van der Waals surface area contributed by atoms with Crippen molar-refractivity contribution >= 4 is 0 Å². The van der Waals surface area contributed by atoms with Gasteiger partial charge in [-0.25, -0.2) is 4.98 Å². The molecule has 1 atom stereocenters. The van der Waals surface area contributed by atoms with Crippen molar-refractivity contribution in [2.45, 2.75) is 6.04 Å². The van der Waals surface area contributed by atoms with Crippen LogP contribution in [0, 0.1) is 0 Å². The molecule has 0 bridgehead atoms. The van der Waals surface area contributed by atoms with Gasteiger partial charge in [0.05, 0.1) is 11.9 Å². The summed E-state index contributed by atoms with van der Waals surface area (Å²) in [4.78, 5) is 15.9. The summed E-state index contributed by atoms with van der Waals surface area (Å²) in [5.74, 6) is 1.59. The number of H-pyrrole nitrogens is 1. The van der Waals surface area contributed by atoms with Gasteiger partial charge < -0.3 is 9.72 Å². The Bertz CT molecular complexity index is 658.